The van der Waals surface area contributed by atoms with Gasteiger partial charge in [0.15, 0.2) is 0 Å². The molecule has 9 heteroatoms. The fourth-order valence-electron chi connectivity index (χ4n) is 4.65. The summed E-state index contributed by atoms with van der Waals surface area (Å²) in [5, 5.41) is 4.12. The van der Waals surface area contributed by atoms with Gasteiger partial charge in [-0.05, 0) is 60.9 Å². The topological polar surface area (TPSA) is 61.6 Å². The number of nitrogens with one attached hydrogen (secondary N) is 1. The lowest BCUT2D eigenvalue weighted by molar-refractivity contribution is -0.121. The normalized spacial score (nSPS) is 14.9. The smallest absolute Gasteiger partial charge is 0.236 e. The maximum Gasteiger partial charge on any atom is 0.236 e. The summed E-state index contributed by atoms with van der Waals surface area (Å²) in [4.78, 5) is 16.1. The van der Waals surface area contributed by atoms with Crippen LogP contribution in [0.2, 0.25) is 10.0 Å². The third-order valence-electron chi connectivity index (χ3n) is 6.54. The number of carbonyl (C=O) groups is 1. The molecule has 0 saturated carbocycles. The van der Waals surface area contributed by atoms with Crippen LogP contribution in [0.3, 0.4) is 0 Å². The molecule has 3 N–H and O–H groups in total. The number of carbonyl (C=O) groups excluding carboxylic acids is 1. The molecule has 1 aliphatic heterocycles. The highest BCUT2D eigenvalue weighted by Gasteiger charge is 2.37. The number of rotatable bonds is 10. The standard InChI is InChI=1S/C28H30Cl2F2N4O/c1-18(33)28(37)34-11-2-12-36(25-14-23(31)13-24(32)15-25)26-16-35(17-26)27(19-3-7-21(29)8-4-19)20-5-9-22(30)10-6-20/h3-10,13-15,18,26-27H,2,11-12,16-17,33H2,1H3,(H,34,37)/t18-/m1/s1. The molecule has 0 bridgehead atoms. The highest BCUT2D eigenvalue weighted by Crippen LogP contribution is 2.36. The molecule has 1 atom stereocenters. The van der Waals surface area contributed by atoms with Crippen LogP contribution in [-0.4, -0.2) is 49.1 Å². The van der Waals surface area contributed by atoms with Crippen molar-refractivity contribution in [1.82, 2.24) is 10.2 Å². The highest BCUT2D eigenvalue weighted by molar-refractivity contribution is 6.30. The predicted molar refractivity (Wildman–Crippen MR) is 145 cm³/mol. The van der Waals surface area contributed by atoms with Gasteiger partial charge in [-0.25, -0.2) is 8.78 Å². The lowest BCUT2D eigenvalue weighted by Gasteiger charge is -2.50. The van der Waals surface area contributed by atoms with E-state index in [0.29, 0.717) is 48.3 Å². The maximum absolute atomic E-state index is 14.1. The average Bonchev–Trinajstić information content (AvgIpc) is 2.82. The van der Waals surface area contributed by atoms with Gasteiger partial charge in [0, 0.05) is 48.0 Å². The van der Waals surface area contributed by atoms with Crippen LogP contribution in [0.1, 0.15) is 30.5 Å². The van der Waals surface area contributed by atoms with Crippen LogP contribution in [0.15, 0.2) is 66.7 Å². The number of amides is 1. The fraction of sp³-hybridized carbons (Fsp3) is 0.321. The molecule has 5 nitrogen and oxygen atoms in total. The first-order valence-electron chi connectivity index (χ1n) is 12.2. The SMILES string of the molecule is C[C@@H](N)C(=O)NCCCN(c1cc(F)cc(F)c1)C1CN(C(c2ccc(Cl)cc2)c2ccc(Cl)cc2)C1. The first kappa shape index (κ1) is 27.3. The van der Waals surface area contributed by atoms with E-state index in [4.69, 9.17) is 28.9 Å². The van der Waals surface area contributed by atoms with Crippen molar-refractivity contribution in [3.63, 3.8) is 0 Å². The fourth-order valence-corrected chi connectivity index (χ4v) is 4.90. The zero-order chi connectivity index (χ0) is 26.5. The van der Waals surface area contributed by atoms with E-state index in [1.54, 1.807) is 6.92 Å². The molecule has 37 heavy (non-hydrogen) atoms. The summed E-state index contributed by atoms with van der Waals surface area (Å²) in [6.45, 7) is 3.93. The molecule has 4 rings (SSSR count). The minimum atomic E-state index is -0.623. The van der Waals surface area contributed by atoms with Crippen molar-refractivity contribution < 1.29 is 13.6 Å². The summed E-state index contributed by atoms with van der Waals surface area (Å²) in [5.41, 5.74) is 8.27. The lowest BCUT2D eigenvalue weighted by atomic mass is 9.92. The molecule has 1 fully saturated rings. The number of halogens is 4. The van der Waals surface area contributed by atoms with E-state index < -0.39 is 17.7 Å². The number of hydrogen-bond donors (Lipinski definition) is 2. The minimum Gasteiger partial charge on any atom is -0.366 e. The average molecular weight is 547 g/mol. The van der Waals surface area contributed by atoms with Crippen molar-refractivity contribution in [2.75, 3.05) is 31.1 Å². The molecule has 0 radical (unpaired) electrons. The zero-order valence-corrected chi connectivity index (χ0v) is 22.0. The number of nitrogens with zero attached hydrogens (tertiary/aromatic N) is 2. The Balaban J connectivity index is 1.52. The van der Waals surface area contributed by atoms with Gasteiger partial charge in [0.05, 0.1) is 18.1 Å². The second-order valence-corrected chi connectivity index (χ2v) is 10.2. The monoisotopic (exact) mass is 546 g/mol. The molecule has 1 saturated heterocycles. The molecule has 3 aromatic carbocycles. The quantitative estimate of drug-likeness (QED) is 0.334. The predicted octanol–water partition coefficient (Wildman–Crippen LogP) is 5.41. The van der Waals surface area contributed by atoms with E-state index in [1.807, 2.05) is 53.4 Å². The number of anilines is 1. The molecule has 0 aliphatic carbocycles. The van der Waals surface area contributed by atoms with Gasteiger partial charge in [-0.1, -0.05) is 47.5 Å². The molecule has 0 spiro atoms. The van der Waals surface area contributed by atoms with Gasteiger partial charge >= 0.3 is 0 Å². The molecule has 0 aromatic heterocycles. The zero-order valence-electron chi connectivity index (χ0n) is 20.5. The Bertz CT molecular complexity index is 1140. The van der Waals surface area contributed by atoms with Gasteiger partial charge in [0.2, 0.25) is 5.91 Å². The van der Waals surface area contributed by atoms with Crippen LogP contribution in [-0.2, 0) is 4.79 Å². The highest BCUT2D eigenvalue weighted by atomic mass is 35.5. The van der Waals surface area contributed by atoms with Gasteiger partial charge in [0.1, 0.15) is 11.6 Å². The van der Waals surface area contributed by atoms with Crippen LogP contribution in [0, 0.1) is 11.6 Å². The lowest BCUT2D eigenvalue weighted by Crippen LogP contribution is -2.61. The molecular formula is C28H30Cl2F2N4O. The van der Waals surface area contributed by atoms with Gasteiger partial charge in [-0.2, -0.15) is 0 Å². The van der Waals surface area contributed by atoms with E-state index in [1.165, 1.54) is 12.1 Å². The third-order valence-corrected chi connectivity index (χ3v) is 7.04. The minimum absolute atomic E-state index is 0.0257. The van der Waals surface area contributed by atoms with Crippen molar-refractivity contribution in [3.8, 4) is 0 Å². The third kappa shape index (κ3) is 6.99. The van der Waals surface area contributed by atoms with Gasteiger partial charge in [0.25, 0.3) is 0 Å². The number of hydrogen-bond acceptors (Lipinski definition) is 4. The molecular weight excluding hydrogens is 517 g/mol. The van der Waals surface area contributed by atoms with Crippen LogP contribution < -0.4 is 16.0 Å². The Hall–Kier alpha value is -2.71. The summed E-state index contributed by atoms with van der Waals surface area (Å²) in [6, 6.07) is 18.5. The number of likely N-dealkylation sites (tertiary alicyclic amines) is 1. The molecule has 1 amide bonds. The van der Waals surface area contributed by atoms with Crippen LogP contribution >= 0.6 is 23.2 Å². The van der Waals surface area contributed by atoms with Gasteiger partial charge in [-0.15, -0.1) is 0 Å². The molecule has 1 aliphatic rings. The van der Waals surface area contributed by atoms with Crippen molar-refractivity contribution in [2.45, 2.75) is 31.5 Å². The first-order chi connectivity index (χ1) is 17.7. The van der Waals surface area contributed by atoms with Crippen LogP contribution in [0.4, 0.5) is 14.5 Å². The van der Waals surface area contributed by atoms with Crippen molar-refractivity contribution >= 4 is 34.8 Å². The summed E-state index contributed by atoms with van der Waals surface area (Å²) >= 11 is 12.3. The largest absolute Gasteiger partial charge is 0.366 e. The number of nitrogens with two attached hydrogens (primary N) is 1. The summed E-state index contributed by atoms with van der Waals surface area (Å²) in [5.74, 6) is -1.48. The Labute approximate surface area is 226 Å². The van der Waals surface area contributed by atoms with E-state index in [9.17, 15) is 13.6 Å². The van der Waals surface area contributed by atoms with Crippen molar-refractivity contribution in [2.24, 2.45) is 5.73 Å². The van der Waals surface area contributed by atoms with Gasteiger partial charge < -0.3 is 16.0 Å². The van der Waals surface area contributed by atoms with Crippen LogP contribution in [0.25, 0.3) is 0 Å². The van der Waals surface area contributed by atoms with Crippen molar-refractivity contribution in [3.05, 3.63) is 99.5 Å². The Morgan fingerprint density at radius 2 is 1.51 bits per heavy atom. The van der Waals surface area contributed by atoms with Gasteiger partial charge in [-0.3, -0.25) is 9.69 Å². The van der Waals surface area contributed by atoms with E-state index in [2.05, 4.69) is 10.2 Å². The summed E-state index contributed by atoms with van der Waals surface area (Å²) < 4.78 is 28.2. The van der Waals surface area contributed by atoms with E-state index in [0.717, 1.165) is 17.2 Å². The van der Waals surface area contributed by atoms with Crippen molar-refractivity contribution in [1.29, 1.82) is 0 Å². The summed E-state index contributed by atoms with van der Waals surface area (Å²) in [6.07, 6.45) is 0.602. The summed E-state index contributed by atoms with van der Waals surface area (Å²) in [7, 11) is 0. The second kappa shape index (κ2) is 12.2. The first-order valence-corrected chi connectivity index (χ1v) is 13.0. The number of benzene rings is 3. The second-order valence-electron chi connectivity index (χ2n) is 9.37. The molecule has 196 valence electrons. The Kier molecular flexibility index (Phi) is 9.03. The maximum atomic E-state index is 14.1. The van der Waals surface area contributed by atoms with E-state index in [-0.39, 0.29) is 18.0 Å². The molecule has 0 unspecified atom stereocenters. The van der Waals surface area contributed by atoms with Crippen LogP contribution in [0.5, 0.6) is 0 Å². The molecule has 1 heterocycles. The Morgan fingerprint density at radius 1 is 1.00 bits per heavy atom. The molecule has 3 aromatic rings. The Morgan fingerprint density at radius 3 is 2.00 bits per heavy atom. The van der Waals surface area contributed by atoms with E-state index >= 15 is 0 Å².